The van der Waals surface area contributed by atoms with Crippen LogP contribution in [-0.2, 0) is 12.8 Å². The Labute approximate surface area is 136 Å². The Morgan fingerprint density at radius 3 is 2.52 bits per heavy atom. The summed E-state index contributed by atoms with van der Waals surface area (Å²) in [7, 11) is 4.33. The predicted molar refractivity (Wildman–Crippen MR) is 90.5 cm³/mol. The van der Waals surface area contributed by atoms with Gasteiger partial charge >= 0.3 is 0 Å². The SMILES string of the molecule is CN(C)C1Cc2ccccc2C1Cc1ccc(Cl)c(Cl)c1. The van der Waals surface area contributed by atoms with Crippen molar-refractivity contribution in [2.45, 2.75) is 24.8 Å². The lowest BCUT2D eigenvalue weighted by Gasteiger charge is -2.27. The summed E-state index contributed by atoms with van der Waals surface area (Å²) in [4.78, 5) is 2.34. The summed E-state index contributed by atoms with van der Waals surface area (Å²) >= 11 is 12.2. The van der Waals surface area contributed by atoms with Crippen LogP contribution >= 0.6 is 23.2 Å². The fourth-order valence-electron chi connectivity index (χ4n) is 3.37. The Balaban J connectivity index is 1.92. The van der Waals surface area contributed by atoms with Gasteiger partial charge in [0.2, 0.25) is 0 Å². The molecule has 0 fully saturated rings. The molecule has 1 nitrogen and oxygen atoms in total. The van der Waals surface area contributed by atoms with Crippen molar-refractivity contribution in [3.63, 3.8) is 0 Å². The maximum absolute atomic E-state index is 6.16. The van der Waals surface area contributed by atoms with Crippen molar-refractivity contribution >= 4 is 23.2 Å². The molecule has 0 spiro atoms. The molecule has 1 aliphatic rings. The van der Waals surface area contributed by atoms with Gasteiger partial charge in [-0.2, -0.15) is 0 Å². The topological polar surface area (TPSA) is 3.24 Å². The number of likely N-dealkylation sites (N-methyl/N-ethyl adjacent to an activating group) is 1. The van der Waals surface area contributed by atoms with Gasteiger partial charge < -0.3 is 4.90 Å². The van der Waals surface area contributed by atoms with Crippen LogP contribution in [0, 0.1) is 0 Å². The van der Waals surface area contributed by atoms with Crippen molar-refractivity contribution < 1.29 is 0 Å². The van der Waals surface area contributed by atoms with Gasteiger partial charge in [0.15, 0.2) is 0 Å². The van der Waals surface area contributed by atoms with E-state index in [1.165, 1.54) is 16.7 Å². The van der Waals surface area contributed by atoms with Crippen LogP contribution in [0.4, 0.5) is 0 Å². The van der Waals surface area contributed by atoms with Crippen molar-refractivity contribution in [2.75, 3.05) is 14.1 Å². The lowest BCUT2D eigenvalue weighted by Crippen LogP contribution is -2.32. The fourth-order valence-corrected chi connectivity index (χ4v) is 3.69. The van der Waals surface area contributed by atoms with Gasteiger partial charge in [-0.1, -0.05) is 53.5 Å². The van der Waals surface area contributed by atoms with E-state index in [2.05, 4.69) is 49.3 Å². The van der Waals surface area contributed by atoms with Gasteiger partial charge in [0, 0.05) is 12.0 Å². The number of rotatable bonds is 3. The highest BCUT2D eigenvalue weighted by Crippen LogP contribution is 2.38. The molecule has 2 unspecified atom stereocenters. The van der Waals surface area contributed by atoms with Crippen LogP contribution in [-0.4, -0.2) is 25.0 Å². The molecule has 0 radical (unpaired) electrons. The Kier molecular flexibility index (Phi) is 4.26. The molecule has 2 aromatic rings. The van der Waals surface area contributed by atoms with E-state index < -0.39 is 0 Å². The molecular weight excluding hydrogens is 301 g/mol. The third kappa shape index (κ3) is 2.96. The zero-order chi connectivity index (χ0) is 15.0. The second-order valence-electron chi connectivity index (χ2n) is 5.99. The first-order valence-corrected chi connectivity index (χ1v) is 8.00. The van der Waals surface area contributed by atoms with Gasteiger partial charge in [-0.25, -0.2) is 0 Å². The first-order chi connectivity index (χ1) is 10.1. The molecular formula is C18H19Cl2N. The number of nitrogens with zero attached hydrogens (tertiary/aromatic N) is 1. The molecule has 0 bridgehead atoms. The first kappa shape index (κ1) is 14.9. The van der Waals surface area contributed by atoms with Gasteiger partial charge in [0.25, 0.3) is 0 Å². The second-order valence-corrected chi connectivity index (χ2v) is 6.81. The van der Waals surface area contributed by atoms with E-state index in [4.69, 9.17) is 23.2 Å². The van der Waals surface area contributed by atoms with E-state index in [1.54, 1.807) is 0 Å². The van der Waals surface area contributed by atoms with E-state index in [1.807, 2.05) is 12.1 Å². The summed E-state index contributed by atoms with van der Waals surface area (Å²) in [5.74, 6) is 0.508. The van der Waals surface area contributed by atoms with Crippen LogP contribution in [0.15, 0.2) is 42.5 Å². The summed E-state index contributed by atoms with van der Waals surface area (Å²) in [6.45, 7) is 0. The minimum Gasteiger partial charge on any atom is -0.305 e. The lowest BCUT2D eigenvalue weighted by atomic mass is 9.90. The van der Waals surface area contributed by atoms with E-state index in [-0.39, 0.29) is 0 Å². The van der Waals surface area contributed by atoms with E-state index >= 15 is 0 Å². The van der Waals surface area contributed by atoms with Crippen molar-refractivity contribution in [1.29, 1.82) is 0 Å². The molecule has 2 atom stereocenters. The summed E-state index contributed by atoms with van der Waals surface area (Å²) in [5.41, 5.74) is 4.20. The van der Waals surface area contributed by atoms with Crippen molar-refractivity contribution in [2.24, 2.45) is 0 Å². The van der Waals surface area contributed by atoms with E-state index in [0.29, 0.717) is 22.0 Å². The highest BCUT2D eigenvalue weighted by atomic mass is 35.5. The Morgan fingerprint density at radius 2 is 1.81 bits per heavy atom. The smallest absolute Gasteiger partial charge is 0.0595 e. The molecule has 0 aromatic heterocycles. The maximum atomic E-state index is 6.16. The standard InChI is InChI=1S/C18H19Cl2N/c1-21(2)18-11-13-5-3-4-6-14(13)15(18)9-12-7-8-16(19)17(20)10-12/h3-8,10,15,18H,9,11H2,1-2H3. The molecule has 0 amide bonds. The van der Waals surface area contributed by atoms with Gasteiger partial charge in [-0.15, -0.1) is 0 Å². The van der Waals surface area contributed by atoms with Crippen LogP contribution < -0.4 is 0 Å². The monoisotopic (exact) mass is 319 g/mol. The van der Waals surface area contributed by atoms with Gasteiger partial charge in [-0.3, -0.25) is 0 Å². The van der Waals surface area contributed by atoms with Crippen LogP contribution in [0.1, 0.15) is 22.6 Å². The minimum absolute atomic E-state index is 0.508. The molecule has 21 heavy (non-hydrogen) atoms. The van der Waals surface area contributed by atoms with Crippen molar-refractivity contribution in [3.8, 4) is 0 Å². The average molecular weight is 320 g/mol. The zero-order valence-corrected chi connectivity index (χ0v) is 13.8. The first-order valence-electron chi connectivity index (χ1n) is 7.24. The highest BCUT2D eigenvalue weighted by molar-refractivity contribution is 6.42. The fraction of sp³-hybridized carbons (Fsp3) is 0.333. The van der Waals surface area contributed by atoms with Gasteiger partial charge in [0.05, 0.1) is 10.0 Å². The van der Waals surface area contributed by atoms with Gasteiger partial charge in [0.1, 0.15) is 0 Å². The molecule has 2 aromatic carbocycles. The molecule has 0 saturated carbocycles. The number of halogens is 2. The molecule has 0 saturated heterocycles. The minimum atomic E-state index is 0.508. The molecule has 0 N–H and O–H groups in total. The molecule has 1 aliphatic carbocycles. The van der Waals surface area contributed by atoms with Crippen molar-refractivity contribution in [1.82, 2.24) is 4.90 Å². The van der Waals surface area contributed by atoms with Crippen LogP contribution in [0.5, 0.6) is 0 Å². The van der Waals surface area contributed by atoms with Crippen molar-refractivity contribution in [3.05, 3.63) is 69.2 Å². The molecule has 3 rings (SSSR count). The van der Waals surface area contributed by atoms with Gasteiger partial charge in [-0.05, 0) is 55.8 Å². The largest absolute Gasteiger partial charge is 0.305 e. The average Bonchev–Trinajstić information content (AvgIpc) is 2.82. The zero-order valence-electron chi connectivity index (χ0n) is 12.3. The molecule has 0 heterocycles. The highest BCUT2D eigenvalue weighted by Gasteiger charge is 2.33. The summed E-state index contributed by atoms with van der Waals surface area (Å²) in [5, 5.41) is 1.26. The summed E-state index contributed by atoms with van der Waals surface area (Å²) in [6.07, 6.45) is 2.12. The third-order valence-corrected chi connectivity index (χ3v) is 5.19. The number of hydrogen-bond acceptors (Lipinski definition) is 1. The Bertz CT molecular complexity index is 651. The Morgan fingerprint density at radius 1 is 1.05 bits per heavy atom. The number of hydrogen-bond donors (Lipinski definition) is 0. The molecule has 3 heteroatoms. The van der Waals surface area contributed by atoms with E-state index in [9.17, 15) is 0 Å². The van der Waals surface area contributed by atoms with E-state index in [0.717, 1.165) is 12.8 Å². The number of fused-ring (bicyclic) bond motifs is 1. The lowest BCUT2D eigenvalue weighted by molar-refractivity contribution is 0.265. The normalized spacial score (nSPS) is 20.8. The molecule has 110 valence electrons. The van der Waals surface area contributed by atoms with Crippen LogP contribution in [0.25, 0.3) is 0 Å². The predicted octanol–water partition coefficient (Wildman–Crippen LogP) is 4.81. The summed E-state index contributed by atoms with van der Waals surface area (Å²) in [6, 6.07) is 15.3. The quantitative estimate of drug-likeness (QED) is 0.785. The molecule has 0 aliphatic heterocycles. The summed E-state index contributed by atoms with van der Waals surface area (Å²) < 4.78 is 0. The Hall–Kier alpha value is -1.02. The number of benzene rings is 2. The third-order valence-electron chi connectivity index (χ3n) is 4.45. The second kappa shape index (κ2) is 6.00. The van der Waals surface area contributed by atoms with Crippen LogP contribution in [0.2, 0.25) is 10.0 Å². The van der Waals surface area contributed by atoms with Crippen LogP contribution in [0.3, 0.4) is 0 Å². The maximum Gasteiger partial charge on any atom is 0.0595 e.